The first-order chi connectivity index (χ1) is 12.6. The van der Waals surface area contributed by atoms with E-state index in [1.165, 1.54) is 0 Å². The largest absolute Gasteiger partial charge is 0.488 e. The van der Waals surface area contributed by atoms with Crippen molar-refractivity contribution in [1.29, 1.82) is 0 Å². The molecule has 4 rings (SSSR count). The van der Waals surface area contributed by atoms with Crippen LogP contribution in [0.3, 0.4) is 0 Å². The Kier molecular flexibility index (Phi) is 4.01. The molecule has 26 heavy (non-hydrogen) atoms. The number of carbonyl (C=O) groups excluding carboxylic acids is 1. The van der Waals surface area contributed by atoms with Gasteiger partial charge in [-0.3, -0.25) is 14.8 Å². The zero-order valence-corrected chi connectivity index (χ0v) is 14.2. The highest BCUT2D eigenvalue weighted by Gasteiger charge is 2.20. The SMILES string of the molecule is C[C@H](Oc1ccc2c(c1)OCc1ccc(-c3cnccn3)cc1-2)C(N)=O. The number of carbonyl (C=O) groups is 1. The summed E-state index contributed by atoms with van der Waals surface area (Å²) < 4.78 is 11.4. The van der Waals surface area contributed by atoms with Gasteiger partial charge in [0.05, 0.1) is 11.9 Å². The topological polar surface area (TPSA) is 87.3 Å². The van der Waals surface area contributed by atoms with Crippen molar-refractivity contribution in [2.24, 2.45) is 5.73 Å². The number of hydrogen-bond donors (Lipinski definition) is 1. The van der Waals surface area contributed by atoms with Crippen molar-refractivity contribution in [1.82, 2.24) is 9.97 Å². The number of amides is 1. The molecule has 0 unspecified atom stereocenters. The van der Waals surface area contributed by atoms with Gasteiger partial charge in [-0.15, -0.1) is 0 Å². The van der Waals surface area contributed by atoms with Crippen LogP contribution in [0.25, 0.3) is 22.4 Å². The van der Waals surface area contributed by atoms with E-state index in [-0.39, 0.29) is 0 Å². The van der Waals surface area contributed by atoms with Crippen LogP contribution in [0.2, 0.25) is 0 Å². The second-order valence-electron chi connectivity index (χ2n) is 6.07. The Labute approximate surface area is 150 Å². The fraction of sp³-hybridized carbons (Fsp3) is 0.150. The van der Waals surface area contributed by atoms with E-state index in [1.54, 1.807) is 31.6 Å². The van der Waals surface area contributed by atoms with E-state index in [4.69, 9.17) is 15.2 Å². The highest BCUT2D eigenvalue weighted by atomic mass is 16.5. The number of primary amides is 1. The lowest BCUT2D eigenvalue weighted by Gasteiger charge is -2.22. The lowest BCUT2D eigenvalue weighted by molar-refractivity contribution is -0.123. The molecule has 0 saturated heterocycles. The molecule has 0 aliphatic carbocycles. The molecule has 0 saturated carbocycles. The summed E-state index contributed by atoms with van der Waals surface area (Å²) in [5.74, 6) is 0.745. The maximum atomic E-state index is 11.2. The summed E-state index contributed by atoms with van der Waals surface area (Å²) in [7, 11) is 0. The van der Waals surface area contributed by atoms with E-state index in [0.717, 1.165) is 27.9 Å². The first kappa shape index (κ1) is 16.1. The first-order valence-corrected chi connectivity index (χ1v) is 8.24. The van der Waals surface area contributed by atoms with Gasteiger partial charge in [-0.05, 0) is 36.2 Å². The van der Waals surface area contributed by atoms with Gasteiger partial charge in [-0.1, -0.05) is 12.1 Å². The number of benzene rings is 2. The van der Waals surface area contributed by atoms with Crippen LogP contribution in [-0.2, 0) is 11.4 Å². The highest BCUT2D eigenvalue weighted by molar-refractivity contribution is 5.80. The van der Waals surface area contributed by atoms with Crippen LogP contribution in [-0.4, -0.2) is 22.0 Å². The number of fused-ring (bicyclic) bond motifs is 3. The van der Waals surface area contributed by atoms with Gasteiger partial charge in [0.25, 0.3) is 5.91 Å². The normalized spacial score (nSPS) is 13.1. The third-order valence-electron chi connectivity index (χ3n) is 4.31. The van der Waals surface area contributed by atoms with E-state index < -0.39 is 12.0 Å². The Morgan fingerprint density at radius 3 is 2.85 bits per heavy atom. The fourth-order valence-corrected chi connectivity index (χ4v) is 2.90. The molecule has 3 aromatic rings. The summed E-state index contributed by atoms with van der Waals surface area (Å²) in [6.45, 7) is 2.09. The van der Waals surface area contributed by atoms with Gasteiger partial charge < -0.3 is 15.2 Å². The minimum absolute atomic E-state index is 0.470. The van der Waals surface area contributed by atoms with E-state index in [2.05, 4.69) is 16.0 Å². The second kappa shape index (κ2) is 6.48. The van der Waals surface area contributed by atoms with Crippen LogP contribution in [0.1, 0.15) is 12.5 Å². The lowest BCUT2D eigenvalue weighted by Crippen LogP contribution is -2.30. The lowest BCUT2D eigenvalue weighted by atomic mass is 9.94. The second-order valence-corrected chi connectivity index (χ2v) is 6.07. The number of rotatable bonds is 4. The predicted molar refractivity (Wildman–Crippen MR) is 96.5 cm³/mol. The molecule has 1 aromatic heterocycles. The van der Waals surface area contributed by atoms with Gasteiger partial charge in [0.1, 0.15) is 18.1 Å². The summed E-state index contributed by atoms with van der Waals surface area (Å²) in [5, 5.41) is 0. The average Bonchev–Trinajstić information content (AvgIpc) is 2.67. The van der Waals surface area contributed by atoms with Gasteiger partial charge in [-0.25, -0.2) is 0 Å². The Bertz CT molecular complexity index is 973. The average molecular weight is 347 g/mol. The quantitative estimate of drug-likeness (QED) is 0.784. The Hall–Kier alpha value is -3.41. The van der Waals surface area contributed by atoms with Gasteiger partial charge in [0.15, 0.2) is 6.10 Å². The Morgan fingerprint density at radius 1 is 1.19 bits per heavy atom. The molecule has 130 valence electrons. The van der Waals surface area contributed by atoms with Crippen LogP contribution in [0.4, 0.5) is 0 Å². The molecule has 2 heterocycles. The number of hydrogen-bond acceptors (Lipinski definition) is 5. The van der Waals surface area contributed by atoms with Crippen LogP contribution < -0.4 is 15.2 Å². The van der Waals surface area contributed by atoms with Gasteiger partial charge >= 0.3 is 0 Å². The molecular formula is C20H17N3O3. The van der Waals surface area contributed by atoms with Crippen molar-refractivity contribution >= 4 is 5.91 Å². The van der Waals surface area contributed by atoms with E-state index >= 15 is 0 Å². The third-order valence-corrected chi connectivity index (χ3v) is 4.31. The number of nitrogens with zero attached hydrogens (tertiary/aromatic N) is 2. The van der Waals surface area contributed by atoms with Crippen LogP contribution >= 0.6 is 0 Å². The van der Waals surface area contributed by atoms with E-state index in [1.807, 2.05) is 24.3 Å². The van der Waals surface area contributed by atoms with Crippen LogP contribution in [0, 0.1) is 0 Å². The van der Waals surface area contributed by atoms with Gasteiger partial charge in [0, 0.05) is 29.6 Å². The maximum Gasteiger partial charge on any atom is 0.258 e. The summed E-state index contributed by atoms with van der Waals surface area (Å²) in [6.07, 6.45) is 4.37. The Morgan fingerprint density at radius 2 is 2.08 bits per heavy atom. The maximum absolute atomic E-state index is 11.2. The molecule has 2 N–H and O–H groups in total. The van der Waals surface area contributed by atoms with E-state index in [0.29, 0.717) is 18.1 Å². The molecule has 1 aliphatic heterocycles. The predicted octanol–water partition coefficient (Wildman–Crippen LogP) is 2.96. The Balaban J connectivity index is 1.71. The van der Waals surface area contributed by atoms with Crippen LogP contribution in [0.5, 0.6) is 11.5 Å². The van der Waals surface area contributed by atoms with Crippen molar-refractivity contribution in [2.75, 3.05) is 0 Å². The van der Waals surface area contributed by atoms with E-state index in [9.17, 15) is 4.79 Å². The summed E-state index contributed by atoms with van der Waals surface area (Å²) in [5.41, 5.74) is 10.2. The van der Waals surface area contributed by atoms with Gasteiger partial charge in [-0.2, -0.15) is 0 Å². The van der Waals surface area contributed by atoms with Crippen molar-refractivity contribution in [3.8, 4) is 33.9 Å². The monoisotopic (exact) mass is 347 g/mol. The first-order valence-electron chi connectivity index (χ1n) is 8.24. The van der Waals surface area contributed by atoms with Crippen molar-refractivity contribution < 1.29 is 14.3 Å². The minimum atomic E-state index is -0.702. The number of aromatic nitrogens is 2. The molecular weight excluding hydrogens is 330 g/mol. The summed E-state index contributed by atoms with van der Waals surface area (Å²) >= 11 is 0. The molecule has 6 heteroatoms. The van der Waals surface area contributed by atoms with Gasteiger partial charge in [0.2, 0.25) is 0 Å². The molecule has 1 amide bonds. The number of ether oxygens (including phenoxy) is 2. The molecule has 2 aromatic carbocycles. The number of nitrogens with two attached hydrogens (primary N) is 1. The highest BCUT2D eigenvalue weighted by Crippen LogP contribution is 2.41. The molecule has 1 aliphatic rings. The third kappa shape index (κ3) is 2.97. The smallest absolute Gasteiger partial charge is 0.258 e. The zero-order chi connectivity index (χ0) is 18.1. The van der Waals surface area contributed by atoms with Crippen molar-refractivity contribution in [3.05, 3.63) is 60.6 Å². The van der Waals surface area contributed by atoms with Crippen molar-refractivity contribution in [2.45, 2.75) is 19.6 Å². The molecule has 0 fully saturated rings. The molecule has 0 radical (unpaired) electrons. The molecule has 0 spiro atoms. The zero-order valence-electron chi connectivity index (χ0n) is 14.2. The fourth-order valence-electron chi connectivity index (χ4n) is 2.90. The molecule has 6 nitrogen and oxygen atoms in total. The standard InChI is InChI=1S/C20H17N3O3/c1-12(20(21)24)26-15-4-5-16-17-8-13(18-10-22-6-7-23-18)2-3-14(17)11-25-19(16)9-15/h2-10,12H,11H2,1H3,(H2,21,24)/t12-/m0/s1. The summed E-state index contributed by atoms with van der Waals surface area (Å²) in [4.78, 5) is 19.7. The minimum Gasteiger partial charge on any atom is -0.488 e. The van der Waals surface area contributed by atoms with Crippen molar-refractivity contribution in [3.63, 3.8) is 0 Å². The molecule has 0 bridgehead atoms. The molecule has 1 atom stereocenters. The summed E-state index contributed by atoms with van der Waals surface area (Å²) in [6, 6.07) is 11.7. The van der Waals surface area contributed by atoms with Crippen LogP contribution in [0.15, 0.2) is 55.0 Å².